The maximum absolute atomic E-state index is 12.7. The summed E-state index contributed by atoms with van der Waals surface area (Å²) >= 11 is 3.55. The van der Waals surface area contributed by atoms with Crippen molar-refractivity contribution in [2.24, 2.45) is 0 Å². The molecule has 0 saturated heterocycles. The number of anilines is 1. The molecule has 1 aliphatic rings. The Bertz CT molecular complexity index is 1140. The molecule has 0 spiro atoms. The van der Waals surface area contributed by atoms with Crippen LogP contribution in [0.1, 0.15) is 29.8 Å². The van der Waals surface area contributed by atoms with Crippen molar-refractivity contribution in [2.45, 2.75) is 30.2 Å². The van der Waals surface area contributed by atoms with Gasteiger partial charge in [0.25, 0.3) is 0 Å². The summed E-state index contributed by atoms with van der Waals surface area (Å²) in [5, 5.41) is -0.193. The largest absolute Gasteiger partial charge is 0.497 e. The van der Waals surface area contributed by atoms with Crippen molar-refractivity contribution in [1.29, 1.82) is 0 Å². The molecule has 0 bridgehead atoms. The van der Waals surface area contributed by atoms with Crippen LogP contribution < -0.4 is 14.4 Å². The molecule has 1 atom stereocenters. The predicted molar refractivity (Wildman–Crippen MR) is 151 cm³/mol. The van der Waals surface area contributed by atoms with Gasteiger partial charge < -0.3 is 9.47 Å². The van der Waals surface area contributed by atoms with Gasteiger partial charge in [0, 0.05) is 42.8 Å². The zero-order chi connectivity index (χ0) is 25.3. The summed E-state index contributed by atoms with van der Waals surface area (Å²) in [4.78, 5) is 18.1. The molecule has 1 unspecified atom stereocenters. The lowest BCUT2D eigenvalue weighted by molar-refractivity contribution is -0.116. The van der Waals surface area contributed by atoms with Crippen molar-refractivity contribution < 1.29 is 14.3 Å². The molecule has 0 saturated carbocycles. The molecule has 1 amide bonds. The van der Waals surface area contributed by atoms with Crippen molar-refractivity contribution in [3.05, 3.63) is 83.9 Å². The number of para-hydroxylation sites is 1. The average molecular weight is 523 g/mol. The lowest BCUT2D eigenvalue weighted by Gasteiger charge is -2.26. The standard InChI is InChI=1S/C29H34N2O3S2/c1-22(32)31-26-12-7-8-13-28(26)36-29(31)25-20-24(33-2)14-15-27(25)34-18-9-16-30(17-19-35-3)21-23-10-5-4-6-11-23/h4-8,10-15,20,29H,9,16-19,21H2,1-3H3. The van der Waals surface area contributed by atoms with Crippen LogP contribution in [0.25, 0.3) is 0 Å². The SMILES string of the molecule is COc1ccc(OCCCN(CCSC)Cc2ccccc2)c(C2Sc3ccccc3N2C(C)=O)c1. The van der Waals surface area contributed by atoms with Crippen LogP contribution in [0.15, 0.2) is 77.7 Å². The lowest BCUT2D eigenvalue weighted by atomic mass is 10.1. The number of methoxy groups -OCH3 is 1. The Morgan fingerprint density at radius 2 is 1.83 bits per heavy atom. The minimum Gasteiger partial charge on any atom is -0.497 e. The Kier molecular flexibility index (Phi) is 9.61. The van der Waals surface area contributed by atoms with E-state index in [1.165, 1.54) is 5.56 Å². The van der Waals surface area contributed by atoms with Crippen LogP contribution in [-0.4, -0.2) is 49.6 Å². The molecule has 190 valence electrons. The zero-order valence-corrected chi connectivity index (χ0v) is 22.8. The monoisotopic (exact) mass is 522 g/mol. The van der Waals surface area contributed by atoms with Gasteiger partial charge in [0.1, 0.15) is 16.9 Å². The Balaban J connectivity index is 1.45. The summed E-state index contributed by atoms with van der Waals surface area (Å²) in [5.41, 5.74) is 3.23. The van der Waals surface area contributed by atoms with Crippen molar-refractivity contribution in [3.63, 3.8) is 0 Å². The zero-order valence-electron chi connectivity index (χ0n) is 21.2. The molecule has 0 radical (unpaired) electrons. The number of rotatable bonds is 12. The highest BCUT2D eigenvalue weighted by Gasteiger charge is 2.35. The van der Waals surface area contributed by atoms with E-state index in [1.54, 1.807) is 25.8 Å². The Morgan fingerprint density at radius 1 is 1.06 bits per heavy atom. The van der Waals surface area contributed by atoms with E-state index in [9.17, 15) is 4.79 Å². The molecule has 4 rings (SSSR count). The van der Waals surface area contributed by atoms with Crippen LogP contribution >= 0.6 is 23.5 Å². The van der Waals surface area contributed by atoms with E-state index in [2.05, 4.69) is 47.6 Å². The van der Waals surface area contributed by atoms with Crippen LogP contribution in [0.4, 0.5) is 5.69 Å². The van der Waals surface area contributed by atoms with E-state index in [1.807, 2.05) is 53.1 Å². The molecular weight excluding hydrogens is 488 g/mol. The van der Waals surface area contributed by atoms with E-state index in [-0.39, 0.29) is 11.3 Å². The summed E-state index contributed by atoms with van der Waals surface area (Å²) < 4.78 is 11.9. The maximum atomic E-state index is 12.7. The average Bonchev–Trinajstić information content (AvgIpc) is 3.30. The topological polar surface area (TPSA) is 42.0 Å². The lowest BCUT2D eigenvalue weighted by Crippen LogP contribution is -2.29. The number of amides is 1. The van der Waals surface area contributed by atoms with E-state index in [4.69, 9.17) is 9.47 Å². The van der Waals surface area contributed by atoms with Gasteiger partial charge in [-0.15, -0.1) is 0 Å². The second kappa shape index (κ2) is 13.1. The first-order valence-corrected chi connectivity index (χ1v) is 14.5. The summed E-state index contributed by atoms with van der Waals surface area (Å²) in [6.45, 7) is 5.18. The third kappa shape index (κ3) is 6.58. The van der Waals surface area contributed by atoms with Gasteiger partial charge in [-0.1, -0.05) is 54.2 Å². The van der Waals surface area contributed by atoms with Crippen LogP contribution in [0.2, 0.25) is 0 Å². The number of benzene rings is 3. The highest BCUT2D eigenvalue weighted by Crippen LogP contribution is 2.53. The highest BCUT2D eigenvalue weighted by atomic mass is 32.2. The molecule has 7 heteroatoms. The molecule has 36 heavy (non-hydrogen) atoms. The van der Waals surface area contributed by atoms with Gasteiger partial charge in [-0.25, -0.2) is 0 Å². The van der Waals surface area contributed by atoms with Crippen LogP contribution in [0.5, 0.6) is 11.5 Å². The van der Waals surface area contributed by atoms with Gasteiger partial charge in [0.05, 0.1) is 19.4 Å². The second-order valence-electron chi connectivity index (χ2n) is 8.69. The van der Waals surface area contributed by atoms with E-state index in [0.29, 0.717) is 6.61 Å². The Labute approximate surface area is 223 Å². The van der Waals surface area contributed by atoms with E-state index in [0.717, 1.165) is 59.5 Å². The molecule has 0 aliphatic carbocycles. The fraction of sp³-hybridized carbons (Fsp3) is 0.345. The Morgan fingerprint density at radius 3 is 2.58 bits per heavy atom. The fourth-order valence-corrected chi connectivity index (χ4v) is 6.18. The number of hydrogen-bond acceptors (Lipinski definition) is 6. The number of ether oxygens (including phenoxy) is 2. The van der Waals surface area contributed by atoms with Crippen molar-refractivity contribution in [2.75, 3.05) is 43.7 Å². The quantitative estimate of drug-likeness (QED) is 0.253. The van der Waals surface area contributed by atoms with Gasteiger partial charge in [-0.2, -0.15) is 11.8 Å². The molecule has 0 aromatic heterocycles. The first-order chi connectivity index (χ1) is 17.6. The molecule has 1 aliphatic heterocycles. The van der Waals surface area contributed by atoms with E-state index < -0.39 is 0 Å². The molecule has 5 nitrogen and oxygen atoms in total. The van der Waals surface area contributed by atoms with Gasteiger partial charge in [-0.05, 0) is 48.6 Å². The summed E-state index contributed by atoms with van der Waals surface area (Å²) in [5.74, 6) is 2.67. The first kappa shape index (κ1) is 26.5. The van der Waals surface area contributed by atoms with Gasteiger partial charge in [0.15, 0.2) is 0 Å². The number of nitrogens with zero attached hydrogens (tertiary/aromatic N) is 2. The molecule has 3 aromatic carbocycles. The molecular formula is C29H34N2O3S2. The minimum absolute atomic E-state index is 0.0107. The van der Waals surface area contributed by atoms with Gasteiger partial charge >= 0.3 is 0 Å². The van der Waals surface area contributed by atoms with E-state index >= 15 is 0 Å². The predicted octanol–water partition coefficient (Wildman–Crippen LogP) is 6.49. The smallest absolute Gasteiger partial charge is 0.225 e. The van der Waals surface area contributed by atoms with Crippen LogP contribution in [0, 0.1) is 0 Å². The normalized spacial score (nSPS) is 14.7. The summed E-state index contributed by atoms with van der Waals surface area (Å²) in [6.07, 6.45) is 3.07. The van der Waals surface area contributed by atoms with Crippen molar-refractivity contribution >= 4 is 35.1 Å². The number of hydrogen-bond donors (Lipinski definition) is 0. The minimum atomic E-state index is -0.193. The van der Waals surface area contributed by atoms with Crippen molar-refractivity contribution in [1.82, 2.24) is 4.90 Å². The molecule has 1 heterocycles. The first-order valence-electron chi connectivity index (χ1n) is 12.2. The number of carbonyl (C=O) groups excluding carboxylic acids is 1. The maximum Gasteiger partial charge on any atom is 0.225 e. The Hall–Kier alpha value is -2.61. The summed E-state index contributed by atoms with van der Waals surface area (Å²) in [7, 11) is 1.66. The third-order valence-corrected chi connectivity index (χ3v) is 8.04. The fourth-order valence-electron chi connectivity index (χ4n) is 4.37. The van der Waals surface area contributed by atoms with Crippen LogP contribution in [-0.2, 0) is 11.3 Å². The molecule has 0 N–H and O–H groups in total. The highest BCUT2D eigenvalue weighted by molar-refractivity contribution is 8.00. The second-order valence-corrected chi connectivity index (χ2v) is 10.8. The van der Waals surface area contributed by atoms with Gasteiger partial charge in [-0.3, -0.25) is 14.6 Å². The number of fused-ring (bicyclic) bond motifs is 1. The third-order valence-electron chi connectivity index (χ3n) is 6.16. The van der Waals surface area contributed by atoms with Crippen molar-refractivity contribution in [3.8, 4) is 11.5 Å². The molecule has 0 fully saturated rings. The number of carbonyl (C=O) groups is 1. The summed E-state index contributed by atoms with van der Waals surface area (Å²) in [6, 6.07) is 24.5. The molecule has 3 aromatic rings. The van der Waals surface area contributed by atoms with Crippen LogP contribution in [0.3, 0.4) is 0 Å². The number of thioether (sulfide) groups is 2. The van der Waals surface area contributed by atoms with Gasteiger partial charge in [0.2, 0.25) is 5.91 Å².